The number of fused-ring (bicyclic) bond motifs is 1. The Morgan fingerprint density at radius 3 is 2.33 bits per heavy atom. The summed E-state index contributed by atoms with van der Waals surface area (Å²) in [6, 6.07) is 0.968. The van der Waals surface area contributed by atoms with E-state index in [1.807, 2.05) is 25.2 Å². The largest absolute Gasteiger partial charge is 0.471 e. The second-order valence-corrected chi connectivity index (χ2v) is 11.7. The molecule has 3 rings (SSSR count). The SMILES string of the molecule is CC(C#N)(NC(=O)C1C2C(CN1C(=O)[C@@H](NC(=O)C(F)(F)F)C(C)(C)C)C2(C)C)c1cncc(Cl)c1. The zero-order chi connectivity index (χ0) is 27.4. The van der Waals surface area contributed by atoms with Gasteiger partial charge in [-0.05, 0) is 35.7 Å². The van der Waals surface area contributed by atoms with Crippen LogP contribution in [0.25, 0.3) is 0 Å². The first-order valence-corrected chi connectivity index (χ1v) is 11.7. The van der Waals surface area contributed by atoms with Gasteiger partial charge in [-0.15, -0.1) is 0 Å². The molecule has 1 aliphatic carbocycles. The summed E-state index contributed by atoms with van der Waals surface area (Å²) in [5.41, 5.74) is -2.56. The molecule has 2 aliphatic rings. The van der Waals surface area contributed by atoms with Crippen molar-refractivity contribution in [3.8, 4) is 6.07 Å². The third-order valence-electron chi connectivity index (χ3n) is 7.29. The monoisotopic (exact) mass is 527 g/mol. The van der Waals surface area contributed by atoms with Crippen LogP contribution in [0.1, 0.15) is 47.1 Å². The minimum atomic E-state index is -5.17. The number of hydrogen-bond donors (Lipinski definition) is 2. The Balaban J connectivity index is 1.93. The summed E-state index contributed by atoms with van der Waals surface area (Å²) in [5.74, 6) is -3.96. The van der Waals surface area contributed by atoms with E-state index < -0.39 is 46.9 Å². The van der Waals surface area contributed by atoms with Crippen LogP contribution >= 0.6 is 11.6 Å². The second-order valence-electron chi connectivity index (χ2n) is 11.3. The number of halogens is 4. The number of nitriles is 1. The number of hydrogen-bond acceptors (Lipinski definition) is 5. The van der Waals surface area contributed by atoms with Crippen molar-refractivity contribution >= 4 is 29.3 Å². The van der Waals surface area contributed by atoms with Crippen LogP contribution in [0.4, 0.5) is 13.2 Å². The van der Waals surface area contributed by atoms with Gasteiger partial charge >= 0.3 is 12.1 Å². The van der Waals surface area contributed by atoms with E-state index in [1.165, 1.54) is 51.1 Å². The predicted molar refractivity (Wildman–Crippen MR) is 124 cm³/mol. The maximum atomic E-state index is 13.6. The highest BCUT2D eigenvalue weighted by atomic mass is 35.5. The average Bonchev–Trinajstić information content (AvgIpc) is 3.09. The lowest BCUT2D eigenvalue weighted by atomic mass is 9.85. The molecule has 1 aliphatic heterocycles. The molecule has 4 unspecified atom stereocenters. The zero-order valence-electron chi connectivity index (χ0n) is 20.8. The van der Waals surface area contributed by atoms with E-state index >= 15 is 0 Å². The number of alkyl halides is 3. The molecular formula is C24H29ClF3N5O3. The van der Waals surface area contributed by atoms with E-state index in [4.69, 9.17) is 11.6 Å². The van der Waals surface area contributed by atoms with E-state index in [-0.39, 0.29) is 28.8 Å². The number of nitrogens with zero attached hydrogens (tertiary/aromatic N) is 3. The molecule has 0 bridgehead atoms. The molecule has 36 heavy (non-hydrogen) atoms. The number of piperidine rings is 1. The lowest BCUT2D eigenvalue weighted by Gasteiger charge is -2.38. The summed E-state index contributed by atoms with van der Waals surface area (Å²) in [7, 11) is 0. The van der Waals surface area contributed by atoms with Gasteiger partial charge in [0.1, 0.15) is 12.1 Å². The van der Waals surface area contributed by atoms with E-state index in [0.29, 0.717) is 5.56 Å². The molecule has 196 valence electrons. The maximum absolute atomic E-state index is 13.6. The van der Waals surface area contributed by atoms with Crippen LogP contribution < -0.4 is 10.6 Å². The van der Waals surface area contributed by atoms with E-state index in [9.17, 15) is 32.8 Å². The first kappa shape index (κ1) is 27.7. The van der Waals surface area contributed by atoms with E-state index in [1.54, 1.807) is 0 Å². The standard InChI is InChI=1S/C24H29ClF3N5O3/c1-21(2,3)17(31-20(36)24(26,27)28)19(35)33-10-14-15(22(14,4)5)16(33)18(34)32-23(6,11-29)12-7-13(25)9-30-8-12/h7-9,14-17H,10H2,1-6H3,(H,31,36)(H,32,34)/t14?,15?,16?,17-,23?/m1/s1. The lowest BCUT2D eigenvalue weighted by molar-refractivity contribution is -0.176. The Morgan fingerprint density at radius 1 is 1.22 bits per heavy atom. The van der Waals surface area contributed by atoms with Crippen LogP contribution in [0.5, 0.6) is 0 Å². The number of likely N-dealkylation sites (tertiary alicyclic amines) is 1. The van der Waals surface area contributed by atoms with Gasteiger partial charge in [-0.1, -0.05) is 46.2 Å². The number of carbonyl (C=O) groups excluding carboxylic acids is 3. The van der Waals surface area contributed by atoms with Gasteiger partial charge < -0.3 is 15.5 Å². The van der Waals surface area contributed by atoms with Gasteiger partial charge in [-0.3, -0.25) is 19.4 Å². The minimum Gasteiger partial charge on any atom is -0.336 e. The third kappa shape index (κ3) is 5.01. The molecule has 1 saturated carbocycles. The highest BCUT2D eigenvalue weighted by Gasteiger charge is 2.70. The van der Waals surface area contributed by atoms with Crippen molar-refractivity contribution in [1.82, 2.24) is 20.5 Å². The molecule has 2 fully saturated rings. The Hall–Kier alpha value is -2.87. The molecule has 0 spiro atoms. The van der Waals surface area contributed by atoms with Crippen molar-refractivity contribution in [2.24, 2.45) is 22.7 Å². The Labute approximate surface area is 212 Å². The maximum Gasteiger partial charge on any atom is 0.471 e. The van der Waals surface area contributed by atoms with Crippen LogP contribution in [0, 0.1) is 34.0 Å². The van der Waals surface area contributed by atoms with Crippen molar-refractivity contribution in [2.75, 3.05) is 6.54 Å². The number of amides is 3. The average molecular weight is 528 g/mol. The van der Waals surface area contributed by atoms with Crippen LogP contribution in [-0.2, 0) is 19.9 Å². The molecule has 0 radical (unpaired) electrons. The fourth-order valence-corrected chi connectivity index (χ4v) is 5.18. The lowest BCUT2D eigenvalue weighted by Crippen LogP contribution is -2.61. The Morgan fingerprint density at radius 2 is 1.83 bits per heavy atom. The summed E-state index contributed by atoms with van der Waals surface area (Å²) in [6.07, 6.45) is -2.41. The van der Waals surface area contributed by atoms with Crippen molar-refractivity contribution in [2.45, 2.75) is 65.3 Å². The zero-order valence-corrected chi connectivity index (χ0v) is 21.6. The number of pyridine rings is 1. The van der Waals surface area contributed by atoms with E-state index in [2.05, 4.69) is 10.3 Å². The van der Waals surface area contributed by atoms with Gasteiger partial charge in [-0.2, -0.15) is 18.4 Å². The third-order valence-corrected chi connectivity index (χ3v) is 7.49. The highest BCUT2D eigenvalue weighted by molar-refractivity contribution is 6.30. The molecule has 0 aromatic carbocycles. The molecule has 1 saturated heterocycles. The topological polar surface area (TPSA) is 115 Å². The molecule has 1 aromatic heterocycles. The van der Waals surface area contributed by atoms with Gasteiger partial charge in [0.2, 0.25) is 11.8 Å². The van der Waals surface area contributed by atoms with Crippen LogP contribution in [0.15, 0.2) is 18.5 Å². The Kier molecular flexibility index (Phi) is 6.86. The Bertz CT molecular complexity index is 1130. The second kappa shape index (κ2) is 8.91. The van der Waals surface area contributed by atoms with Gasteiger partial charge in [-0.25, -0.2) is 0 Å². The van der Waals surface area contributed by atoms with E-state index in [0.717, 1.165) is 0 Å². The normalized spacial score (nSPS) is 25.1. The minimum absolute atomic E-state index is 0.0580. The molecule has 2 heterocycles. The number of rotatable bonds is 5. The van der Waals surface area contributed by atoms with Crippen LogP contribution in [0.3, 0.4) is 0 Å². The smallest absolute Gasteiger partial charge is 0.336 e. The number of nitrogens with one attached hydrogen (secondary N) is 2. The highest BCUT2D eigenvalue weighted by Crippen LogP contribution is 2.65. The van der Waals surface area contributed by atoms with Crippen LogP contribution in [-0.4, -0.2) is 52.4 Å². The predicted octanol–water partition coefficient (Wildman–Crippen LogP) is 3.17. The molecule has 3 amide bonds. The quantitative estimate of drug-likeness (QED) is 0.610. The van der Waals surface area contributed by atoms with Crippen molar-refractivity contribution in [3.63, 3.8) is 0 Å². The first-order valence-electron chi connectivity index (χ1n) is 11.4. The molecule has 2 N–H and O–H groups in total. The summed E-state index contributed by atoms with van der Waals surface area (Å²) in [4.78, 5) is 44.1. The van der Waals surface area contributed by atoms with Gasteiger partial charge in [0, 0.05) is 24.5 Å². The van der Waals surface area contributed by atoms with Gasteiger partial charge in [0.05, 0.1) is 11.1 Å². The molecule has 12 heteroatoms. The fraction of sp³-hybridized carbons (Fsp3) is 0.625. The molecule has 1 aromatic rings. The molecule has 8 nitrogen and oxygen atoms in total. The summed E-state index contributed by atoms with van der Waals surface area (Å²) < 4.78 is 38.9. The molecule has 5 atom stereocenters. The number of carbonyl (C=O) groups is 3. The molecular weight excluding hydrogens is 499 g/mol. The van der Waals surface area contributed by atoms with Crippen molar-refractivity contribution in [1.29, 1.82) is 5.26 Å². The number of aromatic nitrogens is 1. The summed E-state index contributed by atoms with van der Waals surface area (Å²) in [5, 5.41) is 14.6. The van der Waals surface area contributed by atoms with Crippen LogP contribution in [0.2, 0.25) is 5.02 Å². The van der Waals surface area contributed by atoms with Crippen molar-refractivity contribution < 1.29 is 27.6 Å². The summed E-state index contributed by atoms with van der Waals surface area (Å²) in [6.45, 7) is 10.1. The summed E-state index contributed by atoms with van der Waals surface area (Å²) >= 11 is 6.00. The first-order chi connectivity index (χ1) is 16.3. The van der Waals surface area contributed by atoms with Gasteiger partial charge in [0.15, 0.2) is 5.54 Å². The van der Waals surface area contributed by atoms with Gasteiger partial charge in [0.25, 0.3) is 0 Å². The fourth-order valence-electron chi connectivity index (χ4n) is 5.01. The van der Waals surface area contributed by atoms with Crippen molar-refractivity contribution in [3.05, 3.63) is 29.0 Å².